The zero-order chi connectivity index (χ0) is 26.0. The van der Waals surface area contributed by atoms with Crippen LogP contribution in [0.2, 0.25) is 0 Å². The second-order valence-corrected chi connectivity index (χ2v) is 7.93. The van der Waals surface area contributed by atoms with Gasteiger partial charge in [0.15, 0.2) is 0 Å². The molecule has 4 aromatic rings. The highest BCUT2D eigenvalue weighted by atomic mass is 19.4. The van der Waals surface area contributed by atoms with Crippen molar-refractivity contribution in [1.29, 1.82) is 0 Å². The molecule has 36 heavy (non-hydrogen) atoms. The predicted molar refractivity (Wildman–Crippen MR) is 124 cm³/mol. The van der Waals surface area contributed by atoms with Gasteiger partial charge in [-0.2, -0.15) is 23.0 Å². The molecule has 0 radical (unpaired) electrons. The smallest absolute Gasteiger partial charge is 0.320 e. The highest BCUT2D eigenvalue weighted by Gasteiger charge is 2.30. The van der Waals surface area contributed by atoms with Gasteiger partial charge in [-0.15, -0.1) is 0 Å². The summed E-state index contributed by atoms with van der Waals surface area (Å²) in [4.78, 5) is 39.2. The van der Waals surface area contributed by atoms with Crippen LogP contribution in [0.25, 0.3) is 5.69 Å². The SMILES string of the molecule is Cc1ccc(-n2nc(C(=O)Nc3ccc(F)cc3)c(=O)n(Cc3ccc(C(F)(F)F)cc3)c2=O)cc1. The van der Waals surface area contributed by atoms with Crippen molar-refractivity contribution in [2.75, 3.05) is 5.32 Å². The lowest BCUT2D eigenvalue weighted by atomic mass is 10.1. The maximum Gasteiger partial charge on any atom is 0.416 e. The summed E-state index contributed by atoms with van der Waals surface area (Å²) in [7, 11) is 0. The van der Waals surface area contributed by atoms with Gasteiger partial charge < -0.3 is 5.32 Å². The van der Waals surface area contributed by atoms with E-state index in [2.05, 4.69) is 10.4 Å². The van der Waals surface area contributed by atoms with E-state index in [1.807, 2.05) is 6.92 Å². The van der Waals surface area contributed by atoms with Gasteiger partial charge in [-0.3, -0.25) is 14.2 Å². The fourth-order valence-electron chi connectivity index (χ4n) is 3.36. The molecule has 11 heteroatoms. The minimum atomic E-state index is -4.55. The number of aromatic nitrogens is 3. The highest BCUT2D eigenvalue weighted by molar-refractivity contribution is 6.02. The van der Waals surface area contributed by atoms with Crippen LogP contribution in [0, 0.1) is 12.7 Å². The van der Waals surface area contributed by atoms with Gasteiger partial charge in [-0.05, 0) is 61.0 Å². The molecule has 0 aliphatic rings. The Bertz CT molecular complexity index is 1520. The Hall–Kier alpha value is -4.54. The van der Waals surface area contributed by atoms with E-state index in [1.54, 1.807) is 24.3 Å². The summed E-state index contributed by atoms with van der Waals surface area (Å²) in [5.74, 6) is -1.48. The Morgan fingerprint density at radius 1 is 0.917 bits per heavy atom. The lowest BCUT2D eigenvalue weighted by Gasteiger charge is -2.13. The predicted octanol–water partition coefficient (Wildman–Crippen LogP) is 4.16. The van der Waals surface area contributed by atoms with Crippen molar-refractivity contribution >= 4 is 11.6 Å². The molecule has 0 aliphatic heterocycles. The van der Waals surface area contributed by atoms with Crippen molar-refractivity contribution in [3.8, 4) is 5.69 Å². The minimum absolute atomic E-state index is 0.185. The molecule has 0 saturated carbocycles. The lowest BCUT2D eigenvalue weighted by Crippen LogP contribution is -2.45. The van der Waals surface area contributed by atoms with Gasteiger partial charge >= 0.3 is 11.9 Å². The number of hydrogen-bond acceptors (Lipinski definition) is 4. The first kappa shape index (κ1) is 24.6. The molecule has 0 fully saturated rings. The van der Waals surface area contributed by atoms with Gasteiger partial charge in [0.25, 0.3) is 11.5 Å². The average Bonchev–Trinajstić information content (AvgIpc) is 2.84. The molecule has 184 valence electrons. The minimum Gasteiger partial charge on any atom is -0.320 e. The Labute approximate surface area is 201 Å². The maximum absolute atomic E-state index is 13.2. The second-order valence-electron chi connectivity index (χ2n) is 7.93. The number of carbonyl (C=O) groups is 1. The van der Waals surface area contributed by atoms with Crippen molar-refractivity contribution < 1.29 is 22.4 Å². The maximum atomic E-state index is 13.2. The Morgan fingerprint density at radius 2 is 1.53 bits per heavy atom. The molecule has 0 atom stereocenters. The van der Waals surface area contributed by atoms with E-state index in [1.165, 1.54) is 12.1 Å². The van der Waals surface area contributed by atoms with Crippen molar-refractivity contribution in [2.45, 2.75) is 19.6 Å². The van der Waals surface area contributed by atoms with Crippen LogP contribution in [0.15, 0.2) is 82.4 Å². The third-order valence-corrected chi connectivity index (χ3v) is 5.28. The van der Waals surface area contributed by atoms with Gasteiger partial charge in [0.2, 0.25) is 5.69 Å². The molecule has 7 nitrogen and oxygen atoms in total. The van der Waals surface area contributed by atoms with Gasteiger partial charge in [-0.1, -0.05) is 29.8 Å². The monoisotopic (exact) mass is 498 g/mol. The Balaban J connectivity index is 1.80. The van der Waals surface area contributed by atoms with Crippen molar-refractivity contribution in [3.63, 3.8) is 0 Å². The summed E-state index contributed by atoms with van der Waals surface area (Å²) < 4.78 is 53.5. The molecule has 0 saturated heterocycles. The van der Waals surface area contributed by atoms with Crippen LogP contribution in [0.1, 0.15) is 27.2 Å². The summed E-state index contributed by atoms with van der Waals surface area (Å²) in [6.07, 6.45) is -4.55. The molecule has 0 bridgehead atoms. The first-order valence-electron chi connectivity index (χ1n) is 10.6. The molecule has 3 aromatic carbocycles. The summed E-state index contributed by atoms with van der Waals surface area (Å²) in [5, 5.41) is 6.40. The molecule has 0 aliphatic carbocycles. The molecule has 1 N–H and O–H groups in total. The quantitative estimate of drug-likeness (QED) is 0.419. The fraction of sp³-hybridized carbons (Fsp3) is 0.120. The van der Waals surface area contributed by atoms with Gasteiger partial charge in [-0.25, -0.2) is 9.18 Å². The molecule has 0 spiro atoms. The molecule has 0 unspecified atom stereocenters. The summed E-state index contributed by atoms with van der Waals surface area (Å²) in [6, 6.07) is 15.3. The summed E-state index contributed by atoms with van der Waals surface area (Å²) in [5.41, 5.74) is -1.87. The fourth-order valence-corrected chi connectivity index (χ4v) is 3.36. The Morgan fingerprint density at radius 3 is 2.11 bits per heavy atom. The zero-order valence-electron chi connectivity index (χ0n) is 18.7. The third kappa shape index (κ3) is 5.24. The van der Waals surface area contributed by atoms with Crippen LogP contribution in [-0.2, 0) is 12.7 Å². The number of halogens is 4. The number of alkyl halides is 3. The number of carbonyl (C=O) groups excluding carboxylic acids is 1. The number of nitrogens with one attached hydrogen (secondary N) is 1. The van der Waals surface area contributed by atoms with Crippen LogP contribution in [0.3, 0.4) is 0 Å². The van der Waals surface area contributed by atoms with Gasteiger partial charge in [0, 0.05) is 5.69 Å². The molecular weight excluding hydrogens is 480 g/mol. The third-order valence-electron chi connectivity index (χ3n) is 5.28. The molecule has 4 rings (SSSR count). The molecular formula is C25H18F4N4O3. The van der Waals surface area contributed by atoms with E-state index in [9.17, 15) is 31.9 Å². The van der Waals surface area contributed by atoms with Crippen molar-refractivity contribution in [1.82, 2.24) is 14.3 Å². The number of rotatable bonds is 5. The van der Waals surface area contributed by atoms with E-state index < -0.39 is 47.0 Å². The first-order chi connectivity index (χ1) is 17.0. The van der Waals surface area contributed by atoms with Crippen LogP contribution in [-0.4, -0.2) is 20.3 Å². The normalized spacial score (nSPS) is 11.4. The van der Waals surface area contributed by atoms with Crippen LogP contribution in [0.5, 0.6) is 0 Å². The van der Waals surface area contributed by atoms with E-state index in [-0.39, 0.29) is 16.9 Å². The zero-order valence-corrected chi connectivity index (χ0v) is 18.7. The standard InChI is InChI=1S/C25H18F4N4O3/c1-15-2-12-20(13-3-15)33-24(36)32(14-16-4-6-17(7-5-16)25(27,28)29)23(35)21(31-33)22(34)30-19-10-8-18(26)9-11-19/h2-13H,14H2,1H3,(H,30,34). The largest absolute Gasteiger partial charge is 0.416 e. The number of anilines is 1. The number of nitrogens with zero attached hydrogens (tertiary/aromatic N) is 3. The van der Waals surface area contributed by atoms with E-state index in [4.69, 9.17) is 0 Å². The lowest BCUT2D eigenvalue weighted by molar-refractivity contribution is -0.137. The van der Waals surface area contributed by atoms with Crippen LogP contribution < -0.4 is 16.6 Å². The van der Waals surface area contributed by atoms with Gasteiger partial charge in [0.05, 0.1) is 17.8 Å². The van der Waals surface area contributed by atoms with E-state index in [0.717, 1.165) is 51.2 Å². The molecule has 1 aromatic heterocycles. The van der Waals surface area contributed by atoms with E-state index in [0.29, 0.717) is 0 Å². The number of amides is 1. The number of benzene rings is 3. The topological polar surface area (TPSA) is 86.0 Å². The van der Waals surface area contributed by atoms with Crippen LogP contribution >= 0.6 is 0 Å². The molecule has 1 amide bonds. The molecule has 1 heterocycles. The highest BCUT2D eigenvalue weighted by Crippen LogP contribution is 2.29. The van der Waals surface area contributed by atoms with E-state index >= 15 is 0 Å². The first-order valence-corrected chi connectivity index (χ1v) is 10.6. The summed E-state index contributed by atoms with van der Waals surface area (Å²) in [6.45, 7) is 1.42. The summed E-state index contributed by atoms with van der Waals surface area (Å²) >= 11 is 0. The van der Waals surface area contributed by atoms with Gasteiger partial charge in [0.1, 0.15) is 5.82 Å². The average molecular weight is 498 g/mol. The Kier molecular flexibility index (Phi) is 6.56. The second kappa shape index (κ2) is 9.61. The number of aryl methyl sites for hydroxylation is 1. The number of hydrogen-bond donors (Lipinski definition) is 1. The van der Waals surface area contributed by atoms with Crippen molar-refractivity contribution in [3.05, 3.63) is 122 Å². The van der Waals surface area contributed by atoms with Crippen LogP contribution in [0.4, 0.5) is 23.2 Å². The van der Waals surface area contributed by atoms with Crippen molar-refractivity contribution in [2.24, 2.45) is 0 Å².